The second-order valence-corrected chi connectivity index (χ2v) is 5.43. The van der Waals surface area contributed by atoms with E-state index < -0.39 is 0 Å². The molecule has 0 heterocycles. The zero-order chi connectivity index (χ0) is 17.5. The summed E-state index contributed by atoms with van der Waals surface area (Å²) in [4.78, 5) is 0. The smallest absolute Gasteiger partial charge is 0.230 e. The van der Waals surface area contributed by atoms with Crippen LogP contribution in [-0.2, 0) is 0 Å². The molecule has 0 bridgehead atoms. The predicted octanol–water partition coefficient (Wildman–Crippen LogP) is 5.42. The van der Waals surface area contributed by atoms with Crippen LogP contribution < -0.4 is 14.2 Å². The number of ether oxygens (including phenoxy) is 3. The molecule has 0 unspecified atom stereocenters. The monoisotopic (exact) mass is 332 g/mol. The van der Waals surface area contributed by atoms with Crippen molar-refractivity contribution in [1.82, 2.24) is 0 Å². The Hall–Kier alpha value is -3.20. The van der Waals surface area contributed by atoms with Gasteiger partial charge in [0.25, 0.3) is 0 Å². The first-order chi connectivity index (χ1) is 12.3. The summed E-state index contributed by atoms with van der Waals surface area (Å²) in [6.45, 7) is 3.89. The molecule has 3 aromatic rings. The Kier molecular flexibility index (Phi) is 5.37. The van der Waals surface area contributed by atoms with Crippen LogP contribution in [0.25, 0.3) is 17.2 Å². The Morgan fingerprint density at radius 2 is 1.12 bits per heavy atom. The Balaban J connectivity index is 1.55. The molecule has 0 aliphatic carbocycles. The highest BCUT2D eigenvalue weighted by atomic mass is 16.7. The second kappa shape index (κ2) is 8.06. The van der Waals surface area contributed by atoms with Crippen LogP contribution in [0.3, 0.4) is 0 Å². The first kappa shape index (κ1) is 16.7. The fourth-order valence-electron chi connectivity index (χ4n) is 2.39. The van der Waals surface area contributed by atoms with Gasteiger partial charge in [0.2, 0.25) is 6.79 Å². The van der Waals surface area contributed by atoms with E-state index in [1.54, 1.807) is 13.2 Å². The molecule has 0 saturated heterocycles. The number of hydrogen-bond acceptors (Lipinski definition) is 3. The first-order valence-corrected chi connectivity index (χ1v) is 8.01. The summed E-state index contributed by atoms with van der Waals surface area (Å²) in [7, 11) is 1.66. The number of hydrogen-bond donors (Lipinski definition) is 0. The summed E-state index contributed by atoms with van der Waals surface area (Å²) in [6.07, 6.45) is 1.80. The van der Waals surface area contributed by atoms with Crippen molar-refractivity contribution in [2.75, 3.05) is 13.9 Å². The summed E-state index contributed by atoms with van der Waals surface area (Å²) in [5, 5.41) is 0. The van der Waals surface area contributed by atoms with Gasteiger partial charge in [-0.05, 0) is 53.1 Å². The molecule has 0 aliphatic heterocycles. The predicted molar refractivity (Wildman–Crippen MR) is 101 cm³/mol. The lowest BCUT2D eigenvalue weighted by Gasteiger charge is -2.09. The molecule has 3 rings (SSSR count). The van der Waals surface area contributed by atoms with Gasteiger partial charge in [0.1, 0.15) is 17.2 Å². The van der Waals surface area contributed by atoms with Crippen molar-refractivity contribution in [3.8, 4) is 28.4 Å². The van der Waals surface area contributed by atoms with Gasteiger partial charge in [-0.25, -0.2) is 0 Å². The van der Waals surface area contributed by atoms with Gasteiger partial charge in [0.15, 0.2) is 0 Å². The van der Waals surface area contributed by atoms with E-state index in [2.05, 4.69) is 6.58 Å². The molecule has 0 atom stereocenters. The molecule has 0 fully saturated rings. The zero-order valence-electron chi connectivity index (χ0n) is 14.1. The lowest BCUT2D eigenvalue weighted by atomic mass is 10.1. The molecule has 0 radical (unpaired) electrons. The van der Waals surface area contributed by atoms with Crippen LogP contribution >= 0.6 is 0 Å². The molecule has 0 saturated carbocycles. The van der Waals surface area contributed by atoms with Crippen LogP contribution in [0.15, 0.2) is 79.4 Å². The van der Waals surface area contributed by atoms with Gasteiger partial charge >= 0.3 is 0 Å². The van der Waals surface area contributed by atoms with Crippen molar-refractivity contribution in [2.45, 2.75) is 0 Å². The summed E-state index contributed by atoms with van der Waals surface area (Å²) in [5.41, 5.74) is 3.31. The second-order valence-electron chi connectivity index (χ2n) is 5.43. The van der Waals surface area contributed by atoms with Gasteiger partial charge in [-0.1, -0.05) is 49.1 Å². The zero-order valence-corrected chi connectivity index (χ0v) is 14.1. The molecule has 3 heteroatoms. The van der Waals surface area contributed by atoms with Crippen LogP contribution in [0, 0.1) is 0 Å². The molecular formula is C22H20O3. The third kappa shape index (κ3) is 4.42. The molecule has 126 valence electrons. The molecule has 0 N–H and O–H groups in total. The van der Waals surface area contributed by atoms with E-state index in [1.807, 2.05) is 72.8 Å². The van der Waals surface area contributed by atoms with E-state index in [9.17, 15) is 0 Å². The van der Waals surface area contributed by atoms with Crippen molar-refractivity contribution in [1.29, 1.82) is 0 Å². The maximum absolute atomic E-state index is 5.63. The normalized spacial score (nSPS) is 10.1. The molecule has 3 aromatic carbocycles. The highest BCUT2D eigenvalue weighted by Crippen LogP contribution is 2.24. The minimum absolute atomic E-state index is 0.162. The maximum Gasteiger partial charge on any atom is 0.230 e. The molecule has 0 amide bonds. The molecular weight excluding hydrogens is 312 g/mol. The Morgan fingerprint density at radius 1 is 0.680 bits per heavy atom. The first-order valence-electron chi connectivity index (χ1n) is 8.01. The molecule has 0 spiro atoms. The van der Waals surface area contributed by atoms with E-state index in [1.165, 1.54) is 0 Å². The maximum atomic E-state index is 5.63. The lowest BCUT2D eigenvalue weighted by Crippen LogP contribution is -2.05. The van der Waals surface area contributed by atoms with Crippen molar-refractivity contribution in [3.05, 3.63) is 84.9 Å². The standard InChI is InChI=1S/C22H20O3/c1-3-17-4-10-21(11-5-17)24-16-25-22-14-8-19(9-15-22)18-6-12-20(23-2)13-7-18/h3-15H,1,16H2,2H3. The largest absolute Gasteiger partial charge is 0.497 e. The number of rotatable bonds is 7. The summed E-state index contributed by atoms with van der Waals surface area (Å²) < 4.78 is 16.4. The third-order valence-electron chi connectivity index (χ3n) is 3.84. The van der Waals surface area contributed by atoms with Crippen LogP contribution in [0.1, 0.15) is 5.56 Å². The van der Waals surface area contributed by atoms with E-state index in [4.69, 9.17) is 14.2 Å². The quantitative estimate of drug-likeness (QED) is 0.541. The number of benzene rings is 3. The Morgan fingerprint density at radius 3 is 1.56 bits per heavy atom. The summed E-state index contributed by atoms with van der Waals surface area (Å²) >= 11 is 0. The fourth-order valence-corrected chi connectivity index (χ4v) is 2.39. The highest BCUT2D eigenvalue weighted by Gasteiger charge is 2.00. The van der Waals surface area contributed by atoms with E-state index in [-0.39, 0.29) is 6.79 Å². The van der Waals surface area contributed by atoms with Gasteiger partial charge in [-0.15, -0.1) is 0 Å². The van der Waals surface area contributed by atoms with Gasteiger partial charge in [-0.3, -0.25) is 0 Å². The van der Waals surface area contributed by atoms with Crippen molar-refractivity contribution < 1.29 is 14.2 Å². The summed E-state index contributed by atoms with van der Waals surface area (Å²) in [5.74, 6) is 2.38. The van der Waals surface area contributed by atoms with Crippen molar-refractivity contribution >= 4 is 6.08 Å². The number of methoxy groups -OCH3 is 1. The van der Waals surface area contributed by atoms with Crippen LogP contribution in [0.2, 0.25) is 0 Å². The Bertz CT molecular complexity index is 803. The molecule has 0 aromatic heterocycles. The highest BCUT2D eigenvalue weighted by molar-refractivity contribution is 5.64. The SMILES string of the molecule is C=Cc1ccc(OCOc2ccc(-c3ccc(OC)cc3)cc2)cc1. The van der Waals surface area contributed by atoms with Gasteiger partial charge in [0, 0.05) is 0 Å². The minimum atomic E-state index is 0.162. The molecule has 25 heavy (non-hydrogen) atoms. The van der Waals surface area contributed by atoms with Crippen LogP contribution in [0.5, 0.6) is 17.2 Å². The van der Waals surface area contributed by atoms with Gasteiger partial charge < -0.3 is 14.2 Å². The third-order valence-corrected chi connectivity index (χ3v) is 3.84. The Labute approximate surface area is 148 Å². The molecule has 0 aliphatic rings. The molecule has 3 nitrogen and oxygen atoms in total. The van der Waals surface area contributed by atoms with Crippen LogP contribution in [-0.4, -0.2) is 13.9 Å². The van der Waals surface area contributed by atoms with Gasteiger partial charge in [-0.2, -0.15) is 0 Å². The lowest BCUT2D eigenvalue weighted by molar-refractivity contribution is 0.120. The van der Waals surface area contributed by atoms with E-state index in [0.29, 0.717) is 0 Å². The summed E-state index contributed by atoms with van der Waals surface area (Å²) in [6, 6.07) is 23.6. The fraction of sp³-hybridized carbons (Fsp3) is 0.0909. The van der Waals surface area contributed by atoms with E-state index >= 15 is 0 Å². The minimum Gasteiger partial charge on any atom is -0.497 e. The average Bonchev–Trinajstić information content (AvgIpc) is 2.69. The van der Waals surface area contributed by atoms with Gasteiger partial charge in [0.05, 0.1) is 7.11 Å². The van der Waals surface area contributed by atoms with Crippen molar-refractivity contribution in [2.24, 2.45) is 0 Å². The topological polar surface area (TPSA) is 27.7 Å². The van der Waals surface area contributed by atoms with Crippen molar-refractivity contribution in [3.63, 3.8) is 0 Å². The van der Waals surface area contributed by atoms with E-state index in [0.717, 1.165) is 33.9 Å². The van der Waals surface area contributed by atoms with Crippen LogP contribution in [0.4, 0.5) is 0 Å². The average molecular weight is 332 g/mol.